The third-order valence-corrected chi connectivity index (χ3v) is 7.32. The summed E-state index contributed by atoms with van der Waals surface area (Å²) in [5.41, 5.74) is -0.0470. The zero-order valence-electron chi connectivity index (χ0n) is 15.9. The van der Waals surface area contributed by atoms with Crippen molar-refractivity contribution in [2.45, 2.75) is 56.6 Å². The highest BCUT2D eigenvalue weighted by Gasteiger charge is 2.42. The Balaban J connectivity index is 1.60. The van der Waals surface area contributed by atoms with E-state index in [1.807, 2.05) is 6.92 Å². The summed E-state index contributed by atoms with van der Waals surface area (Å²) < 4.78 is 28.3. The molecule has 9 heteroatoms. The standard InChI is InChI=1S/C19H25ClN2O5S/c1-10(15-8-12-3-4-13(15)7-12)22-18(23)11(2)27-19(24)14-5-6-16(20)17(9-14)28(21,25)26/h5-6,9-13,15H,3-4,7-8H2,1-2H3,(H,22,23)(H2,21,25,26)/t10-,11-,12-,13-,15+/m0/s1. The number of hydrogen-bond acceptors (Lipinski definition) is 5. The molecular weight excluding hydrogens is 404 g/mol. The topological polar surface area (TPSA) is 116 Å². The van der Waals surface area contributed by atoms with Gasteiger partial charge in [0.2, 0.25) is 10.0 Å². The predicted molar refractivity (Wildman–Crippen MR) is 104 cm³/mol. The summed E-state index contributed by atoms with van der Waals surface area (Å²) in [5.74, 6) is 0.728. The molecule has 1 aromatic carbocycles. The molecule has 2 bridgehead atoms. The van der Waals surface area contributed by atoms with Crippen LogP contribution in [0.5, 0.6) is 0 Å². The lowest BCUT2D eigenvalue weighted by Gasteiger charge is -2.29. The Kier molecular flexibility index (Phi) is 6.03. The molecule has 0 aliphatic heterocycles. The van der Waals surface area contributed by atoms with Crippen LogP contribution in [0, 0.1) is 17.8 Å². The van der Waals surface area contributed by atoms with Crippen molar-refractivity contribution in [3.05, 3.63) is 28.8 Å². The van der Waals surface area contributed by atoms with E-state index in [0.29, 0.717) is 11.8 Å². The quantitative estimate of drug-likeness (QED) is 0.675. The van der Waals surface area contributed by atoms with E-state index in [9.17, 15) is 18.0 Å². The Labute approximate surface area is 170 Å². The molecule has 3 rings (SSSR count). The van der Waals surface area contributed by atoms with Gasteiger partial charge in [-0.05, 0) is 69.1 Å². The van der Waals surface area contributed by atoms with Gasteiger partial charge in [-0.15, -0.1) is 0 Å². The largest absolute Gasteiger partial charge is 0.449 e. The normalized spacial score (nSPS) is 25.9. The Morgan fingerprint density at radius 3 is 2.54 bits per heavy atom. The first kappa shape index (κ1) is 21.1. The van der Waals surface area contributed by atoms with Crippen LogP contribution in [-0.4, -0.2) is 32.4 Å². The fourth-order valence-electron chi connectivity index (χ4n) is 4.49. The Morgan fingerprint density at radius 1 is 1.25 bits per heavy atom. The second-order valence-corrected chi connectivity index (χ2v) is 9.81. The van der Waals surface area contributed by atoms with Crippen molar-refractivity contribution in [2.24, 2.45) is 22.9 Å². The van der Waals surface area contributed by atoms with Crippen molar-refractivity contribution >= 4 is 33.5 Å². The highest BCUT2D eigenvalue weighted by molar-refractivity contribution is 7.89. The number of amides is 1. The summed E-state index contributed by atoms with van der Waals surface area (Å²) in [6.45, 7) is 3.48. The van der Waals surface area contributed by atoms with Gasteiger partial charge in [-0.3, -0.25) is 4.79 Å². The first-order valence-corrected chi connectivity index (χ1v) is 11.3. The van der Waals surface area contributed by atoms with E-state index in [4.69, 9.17) is 21.5 Å². The number of carbonyl (C=O) groups excluding carboxylic acids is 2. The van der Waals surface area contributed by atoms with Crippen LogP contribution >= 0.6 is 11.6 Å². The number of nitrogens with one attached hydrogen (secondary N) is 1. The highest BCUT2D eigenvalue weighted by atomic mass is 35.5. The van der Waals surface area contributed by atoms with Gasteiger partial charge in [0.25, 0.3) is 5.91 Å². The van der Waals surface area contributed by atoms with Crippen LogP contribution in [0.2, 0.25) is 5.02 Å². The van der Waals surface area contributed by atoms with Crippen molar-refractivity contribution in [1.29, 1.82) is 0 Å². The number of halogens is 1. The third kappa shape index (κ3) is 4.50. The molecule has 1 aromatic rings. The lowest BCUT2D eigenvalue weighted by molar-refractivity contribution is -0.130. The van der Waals surface area contributed by atoms with Gasteiger partial charge < -0.3 is 10.1 Å². The molecule has 0 radical (unpaired) electrons. The molecule has 5 atom stereocenters. The average Bonchev–Trinajstić information content (AvgIpc) is 3.24. The smallest absolute Gasteiger partial charge is 0.338 e. The van der Waals surface area contributed by atoms with Gasteiger partial charge >= 0.3 is 5.97 Å². The van der Waals surface area contributed by atoms with Gasteiger partial charge in [0.05, 0.1) is 10.6 Å². The molecule has 0 spiro atoms. The molecule has 2 aliphatic carbocycles. The first-order valence-electron chi connectivity index (χ1n) is 9.40. The van der Waals surface area contributed by atoms with E-state index in [0.717, 1.165) is 18.4 Å². The van der Waals surface area contributed by atoms with Crippen molar-refractivity contribution in [3.63, 3.8) is 0 Å². The maximum atomic E-state index is 12.4. The van der Waals surface area contributed by atoms with Crippen LogP contribution < -0.4 is 10.5 Å². The van der Waals surface area contributed by atoms with Gasteiger partial charge in [-0.2, -0.15) is 0 Å². The van der Waals surface area contributed by atoms with E-state index in [-0.39, 0.29) is 27.4 Å². The summed E-state index contributed by atoms with van der Waals surface area (Å²) in [6, 6.07) is 3.64. The fraction of sp³-hybridized carbons (Fsp3) is 0.579. The number of rotatable bonds is 6. The molecule has 2 saturated carbocycles. The van der Waals surface area contributed by atoms with Gasteiger partial charge in [0.15, 0.2) is 6.10 Å². The van der Waals surface area contributed by atoms with Gasteiger partial charge in [-0.1, -0.05) is 18.0 Å². The molecular formula is C19H25ClN2O5S. The SMILES string of the molecule is C[C@H](OC(=O)c1ccc(Cl)c(S(N)(=O)=O)c1)C(=O)N[C@@H](C)[C@H]1C[C@H]2CC[C@H]1C2. The number of primary sulfonamides is 1. The Hall–Kier alpha value is -1.64. The molecule has 0 heterocycles. The first-order chi connectivity index (χ1) is 13.1. The predicted octanol–water partition coefficient (Wildman–Crippen LogP) is 2.47. The second kappa shape index (κ2) is 8.00. The van der Waals surface area contributed by atoms with Crippen LogP contribution in [0.15, 0.2) is 23.1 Å². The second-order valence-electron chi connectivity index (χ2n) is 7.87. The molecule has 2 aliphatic rings. The van der Waals surface area contributed by atoms with E-state index < -0.39 is 22.1 Å². The number of carbonyl (C=O) groups is 2. The molecule has 154 valence electrons. The number of fused-ring (bicyclic) bond motifs is 2. The minimum absolute atomic E-state index is 0.0217. The Morgan fingerprint density at radius 2 is 1.96 bits per heavy atom. The average molecular weight is 429 g/mol. The molecule has 0 aromatic heterocycles. The van der Waals surface area contributed by atoms with Crippen LogP contribution in [0.25, 0.3) is 0 Å². The summed E-state index contributed by atoms with van der Waals surface area (Å²) in [4.78, 5) is 24.4. The van der Waals surface area contributed by atoms with Crippen LogP contribution in [0.4, 0.5) is 0 Å². The minimum Gasteiger partial charge on any atom is -0.449 e. The molecule has 28 heavy (non-hydrogen) atoms. The van der Waals surface area contributed by atoms with Crippen molar-refractivity contribution in [1.82, 2.24) is 5.32 Å². The Bertz CT molecular complexity index is 888. The van der Waals surface area contributed by atoms with Crippen LogP contribution in [-0.2, 0) is 19.6 Å². The fourth-order valence-corrected chi connectivity index (χ4v) is 5.56. The van der Waals surface area contributed by atoms with E-state index in [2.05, 4.69) is 5.32 Å². The highest BCUT2D eigenvalue weighted by Crippen LogP contribution is 2.49. The lowest BCUT2D eigenvalue weighted by Crippen LogP contribution is -2.45. The number of nitrogens with two attached hydrogens (primary N) is 1. The van der Waals surface area contributed by atoms with Crippen LogP contribution in [0.1, 0.15) is 49.9 Å². The van der Waals surface area contributed by atoms with Gasteiger partial charge in [0.1, 0.15) is 4.90 Å². The lowest BCUT2D eigenvalue weighted by atomic mass is 9.84. The summed E-state index contributed by atoms with van der Waals surface area (Å²) >= 11 is 5.81. The maximum Gasteiger partial charge on any atom is 0.338 e. The van der Waals surface area contributed by atoms with Crippen molar-refractivity contribution in [3.8, 4) is 0 Å². The van der Waals surface area contributed by atoms with Crippen molar-refractivity contribution < 1.29 is 22.7 Å². The van der Waals surface area contributed by atoms with E-state index >= 15 is 0 Å². The van der Waals surface area contributed by atoms with Gasteiger partial charge in [-0.25, -0.2) is 18.4 Å². The minimum atomic E-state index is -4.08. The summed E-state index contributed by atoms with van der Waals surface area (Å²) in [7, 11) is -4.08. The molecule has 0 saturated heterocycles. The number of ether oxygens (including phenoxy) is 1. The van der Waals surface area contributed by atoms with Crippen LogP contribution in [0.3, 0.4) is 0 Å². The zero-order chi connectivity index (χ0) is 20.6. The monoisotopic (exact) mass is 428 g/mol. The number of esters is 1. The summed E-state index contributed by atoms with van der Waals surface area (Å²) in [5, 5.41) is 7.95. The summed E-state index contributed by atoms with van der Waals surface area (Å²) in [6.07, 6.45) is 3.89. The molecule has 1 amide bonds. The van der Waals surface area contributed by atoms with Gasteiger partial charge in [0, 0.05) is 6.04 Å². The number of benzene rings is 1. The number of sulfonamides is 1. The molecule has 2 fully saturated rings. The maximum absolute atomic E-state index is 12.4. The third-order valence-electron chi connectivity index (χ3n) is 5.93. The van der Waals surface area contributed by atoms with E-state index in [1.165, 1.54) is 38.3 Å². The molecule has 7 nitrogen and oxygen atoms in total. The van der Waals surface area contributed by atoms with Crippen molar-refractivity contribution in [2.75, 3.05) is 0 Å². The zero-order valence-corrected chi connectivity index (χ0v) is 17.4. The van der Waals surface area contributed by atoms with E-state index in [1.54, 1.807) is 0 Å². The molecule has 3 N–H and O–H groups in total. The molecule has 0 unspecified atom stereocenters. The number of hydrogen-bond donors (Lipinski definition) is 2.